The topological polar surface area (TPSA) is 12.5 Å². The van der Waals surface area contributed by atoms with Gasteiger partial charge in [-0.05, 0) is 32.0 Å². The van der Waals surface area contributed by atoms with Crippen LogP contribution < -0.4 is 0 Å². The molecule has 104 valence electrons. The summed E-state index contributed by atoms with van der Waals surface area (Å²) in [6.45, 7) is 8.91. The van der Waals surface area contributed by atoms with Crippen LogP contribution in [0.25, 0.3) is 0 Å². The lowest BCUT2D eigenvalue weighted by Gasteiger charge is -2.14. The SMILES string of the molecule is CC.CC(COCCN(C)C)Cc1ccccc1. The molecule has 0 N–H and O–H groups in total. The Morgan fingerprint density at radius 1 is 1.11 bits per heavy atom. The minimum absolute atomic E-state index is 0.588. The molecule has 18 heavy (non-hydrogen) atoms. The van der Waals surface area contributed by atoms with E-state index >= 15 is 0 Å². The summed E-state index contributed by atoms with van der Waals surface area (Å²) in [6, 6.07) is 10.6. The molecule has 0 radical (unpaired) electrons. The highest BCUT2D eigenvalue weighted by molar-refractivity contribution is 5.14. The van der Waals surface area contributed by atoms with E-state index in [4.69, 9.17) is 4.74 Å². The first-order chi connectivity index (χ1) is 8.68. The van der Waals surface area contributed by atoms with E-state index in [9.17, 15) is 0 Å². The highest BCUT2D eigenvalue weighted by Gasteiger charge is 2.03. The van der Waals surface area contributed by atoms with Gasteiger partial charge >= 0.3 is 0 Å². The summed E-state index contributed by atoms with van der Waals surface area (Å²) in [5.74, 6) is 0.588. The molecule has 0 aliphatic heterocycles. The standard InChI is InChI=1S/C14H23NO.C2H6/c1-13(12-16-10-9-15(2)3)11-14-7-5-4-6-8-14;1-2/h4-8,13H,9-12H2,1-3H3;1-2H3. The van der Waals surface area contributed by atoms with E-state index in [1.54, 1.807) is 0 Å². The lowest BCUT2D eigenvalue weighted by Crippen LogP contribution is -2.20. The molecule has 0 fully saturated rings. The molecule has 0 amide bonds. The highest BCUT2D eigenvalue weighted by Crippen LogP contribution is 2.08. The van der Waals surface area contributed by atoms with E-state index in [1.807, 2.05) is 13.8 Å². The predicted molar refractivity (Wildman–Crippen MR) is 80.0 cm³/mol. The Kier molecular flexibility index (Phi) is 10.7. The first kappa shape index (κ1) is 17.1. The average Bonchev–Trinajstić information content (AvgIpc) is 2.38. The number of benzene rings is 1. The maximum atomic E-state index is 5.64. The van der Waals surface area contributed by atoms with Crippen molar-refractivity contribution in [2.24, 2.45) is 5.92 Å². The van der Waals surface area contributed by atoms with Crippen molar-refractivity contribution in [1.29, 1.82) is 0 Å². The van der Waals surface area contributed by atoms with E-state index in [-0.39, 0.29) is 0 Å². The summed E-state index contributed by atoms with van der Waals surface area (Å²) in [6.07, 6.45) is 1.10. The van der Waals surface area contributed by atoms with E-state index < -0.39 is 0 Å². The van der Waals surface area contributed by atoms with Gasteiger partial charge in [0.25, 0.3) is 0 Å². The number of hydrogen-bond acceptors (Lipinski definition) is 2. The van der Waals surface area contributed by atoms with Crippen LogP contribution in [0.3, 0.4) is 0 Å². The van der Waals surface area contributed by atoms with Gasteiger partial charge in [-0.25, -0.2) is 0 Å². The zero-order valence-electron chi connectivity index (χ0n) is 12.6. The zero-order valence-corrected chi connectivity index (χ0v) is 12.6. The lowest BCUT2D eigenvalue weighted by molar-refractivity contribution is 0.0920. The van der Waals surface area contributed by atoms with Crippen molar-refractivity contribution in [3.8, 4) is 0 Å². The summed E-state index contributed by atoms with van der Waals surface area (Å²) < 4.78 is 5.64. The zero-order chi connectivity index (χ0) is 13.8. The van der Waals surface area contributed by atoms with E-state index in [0.717, 1.165) is 26.2 Å². The third-order valence-corrected chi connectivity index (χ3v) is 2.51. The fraction of sp³-hybridized carbons (Fsp3) is 0.625. The summed E-state index contributed by atoms with van der Waals surface area (Å²) in [5.41, 5.74) is 1.39. The predicted octanol–water partition coefficient (Wildman–Crippen LogP) is 3.47. The van der Waals surface area contributed by atoms with E-state index in [0.29, 0.717) is 5.92 Å². The quantitative estimate of drug-likeness (QED) is 0.688. The normalized spacial score (nSPS) is 11.9. The second-order valence-corrected chi connectivity index (χ2v) is 4.67. The first-order valence-corrected chi connectivity index (χ1v) is 6.95. The van der Waals surface area contributed by atoms with Crippen molar-refractivity contribution in [3.63, 3.8) is 0 Å². The maximum absolute atomic E-state index is 5.64. The minimum Gasteiger partial charge on any atom is -0.380 e. The number of ether oxygens (including phenoxy) is 1. The van der Waals surface area contributed by atoms with Crippen LogP contribution in [-0.2, 0) is 11.2 Å². The molecule has 0 spiro atoms. The Morgan fingerprint density at radius 2 is 1.72 bits per heavy atom. The van der Waals surface area contributed by atoms with Gasteiger partial charge in [0.1, 0.15) is 0 Å². The summed E-state index contributed by atoms with van der Waals surface area (Å²) in [5, 5.41) is 0. The summed E-state index contributed by atoms with van der Waals surface area (Å²) in [4.78, 5) is 2.14. The third kappa shape index (κ3) is 9.20. The van der Waals surface area contributed by atoms with Crippen molar-refractivity contribution in [1.82, 2.24) is 4.90 Å². The number of nitrogens with zero attached hydrogens (tertiary/aromatic N) is 1. The molecule has 0 saturated heterocycles. The molecular formula is C16H29NO. The Morgan fingerprint density at radius 3 is 2.28 bits per heavy atom. The third-order valence-electron chi connectivity index (χ3n) is 2.51. The van der Waals surface area contributed by atoms with Crippen LogP contribution in [-0.4, -0.2) is 38.8 Å². The van der Waals surface area contributed by atoms with Gasteiger partial charge in [-0.1, -0.05) is 51.1 Å². The van der Waals surface area contributed by atoms with Gasteiger partial charge in [-0.15, -0.1) is 0 Å². The van der Waals surface area contributed by atoms with Gasteiger partial charge in [0, 0.05) is 13.2 Å². The van der Waals surface area contributed by atoms with Gasteiger partial charge < -0.3 is 9.64 Å². The van der Waals surface area contributed by atoms with E-state index in [2.05, 4.69) is 56.3 Å². The van der Waals surface area contributed by atoms with E-state index in [1.165, 1.54) is 5.56 Å². The average molecular weight is 251 g/mol. The fourth-order valence-electron chi connectivity index (χ4n) is 1.61. The maximum Gasteiger partial charge on any atom is 0.0593 e. The number of likely N-dealkylation sites (N-methyl/N-ethyl adjacent to an activating group) is 1. The molecule has 1 unspecified atom stereocenters. The van der Waals surface area contributed by atoms with Crippen molar-refractivity contribution in [2.75, 3.05) is 33.9 Å². The largest absolute Gasteiger partial charge is 0.380 e. The molecule has 0 bridgehead atoms. The van der Waals surface area contributed by atoms with Crippen molar-refractivity contribution >= 4 is 0 Å². The summed E-state index contributed by atoms with van der Waals surface area (Å²) >= 11 is 0. The van der Waals surface area contributed by atoms with Gasteiger partial charge in [0.2, 0.25) is 0 Å². The molecule has 0 aliphatic rings. The van der Waals surface area contributed by atoms with Crippen LogP contribution in [0.2, 0.25) is 0 Å². The van der Waals surface area contributed by atoms with Crippen LogP contribution in [0.1, 0.15) is 26.3 Å². The monoisotopic (exact) mass is 251 g/mol. The van der Waals surface area contributed by atoms with Crippen molar-refractivity contribution < 1.29 is 4.74 Å². The molecule has 1 rings (SSSR count). The smallest absolute Gasteiger partial charge is 0.0593 e. The molecule has 1 aromatic carbocycles. The Balaban J connectivity index is 0.00000137. The Hall–Kier alpha value is -0.860. The van der Waals surface area contributed by atoms with Crippen LogP contribution >= 0.6 is 0 Å². The number of rotatable bonds is 7. The lowest BCUT2D eigenvalue weighted by atomic mass is 10.0. The fourth-order valence-corrected chi connectivity index (χ4v) is 1.61. The van der Waals surface area contributed by atoms with Crippen LogP contribution in [0.5, 0.6) is 0 Å². The second kappa shape index (κ2) is 11.2. The molecular weight excluding hydrogens is 222 g/mol. The summed E-state index contributed by atoms with van der Waals surface area (Å²) in [7, 11) is 4.13. The van der Waals surface area contributed by atoms with Gasteiger partial charge in [0.15, 0.2) is 0 Å². The number of hydrogen-bond donors (Lipinski definition) is 0. The highest BCUT2D eigenvalue weighted by atomic mass is 16.5. The van der Waals surface area contributed by atoms with Gasteiger partial charge in [-0.2, -0.15) is 0 Å². The molecule has 1 aromatic rings. The van der Waals surface area contributed by atoms with Gasteiger partial charge in [-0.3, -0.25) is 0 Å². The molecule has 1 atom stereocenters. The van der Waals surface area contributed by atoms with Crippen molar-refractivity contribution in [3.05, 3.63) is 35.9 Å². The molecule has 2 heteroatoms. The molecule has 0 heterocycles. The Bertz CT molecular complexity index is 272. The minimum atomic E-state index is 0.588. The molecule has 0 aromatic heterocycles. The molecule has 2 nitrogen and oxygen atoms in total. The Labute approximate surface area is 113 Å². The second-order valence-electron chi connectivity index (χ2n) is 4.67. The van der Waals surface area contributed by atoms with Gasteiger partial charge in [0.05, 0.1) is 6.61 Å². The first-order valence-electron chi connectivity index (χ1n) is 6.95. The molecule has 0 saturated carbocycles. The van der Waals surface area contributed by atoms with Crippen LogP contribution in [0.15, 0.2) is 30.3 Å². The van der Waals surface area contributed by atoms with Crippen molar-refractivity contribution in [2.45, 2.75) is 27.2 Å². The van der Waals surface area contributed by atoms with Crippen LogP contribution in [0.4, 0.5) is 0 Å². The molecule has 0 aliphatic carbocycles. The van der Waals surface area contributed by atoms with Crippen LogP contribution in [0, 0.1) is 5.92 Å².